The van der Waals surface area contributed by atoms with Gasteiger partial charge >= 0.3 is 0 Å². The monoisotopic (exact) mass is 217 g/mol. The van der Waals surface area contributed by atoms with Crippen LogP contribution in [0.3, 0.4) is 0 Å². The summed E-state index contributed by atoms with van der Waals surface area (Å²) in [5, 5.41) is 7.57. The molecule has 0 aliphatic carbocycles. The number of hydrogen-bond donors (Lipinski definition) is 1. The lowest BCUT2D eigenvalue weighted by molar-refractivity contribution is 0.295. The molecule has 0 spiro atoms. The van der Waals surface area contributed by atoms with Gasteiger partial charge in [-0.15, -0.1) is 0 Å². The van der Waals surface area contributed by atoms with Crippen LogP contribution in [0.4, 0.5) is 0 Å². The Hall–Kier alpha value is -0.0800. The van der Waals surface area contributed by atoms with Crippen LogP contribution in [-0.2, 0) is 0 Å². The summed E-state index contributed by atoms with van der Waals surface area (Å²) in [4.78, 5) is 2.51. The van der Waals surface area contributed by atoms with E-state index in [2.05, 4.69) is 25.7 Å². The summed E-state index contributed by atoms with van der Waals surface area (Å²) < 4.78 is 0. The van der Waals surface area contributed by atoms with Gasteiger partial charge in [0.05, 0.1) is 0 Å². The molecular weight excluding hydrogens is 186 g/mol. The third kappa shape index (κ3) is 16.6. The van der Waals surface area contributed by atoms with Crippen LogP contribution >= 0.6 is 0 Å². The summed E-state index contributed by atoms with van der Waals surface area (Å²) in [5.74, 6) is 0. The predicted octanol–water partition coefficient (Wildman–Crippen LogP) is 3.30. The van der Waals surface area contributed by atoms with Gasteiger partial charge in [-0.2, -0.15) is 0 Å². The van der Waals surface area contributed by atoms with Gasteiger partial charge in [0, 0.05) is 6.61 Å². The second kappa shape index (κ2) is 16.4. The molecule has 0 amide bonds. The third-order valence-corrected chi connectivity index (χ3v) is 2.47. The fraction of sp³-hybridized carbons (Fsp3) is 1.00. The van der Waals surface area contributed by atoms with Crippen LogP contribution in [0.5, 0.6) is 0 Å². The van der Waals surface area contributed by atoms with Crippen molar-refractivity contribution in [2.45, 2.75) is 59.8 Å². The first-order chi connectivity index (χ1) is 7.26. The maximum absolute atomic E-state index is 7.57. The second-order valence-electron chi connectivity index (χ2n) is 3.76. The van der Waals surface area contributed by atoms with Crippen LogP contribution in [-0.4, -0.2) is 36.2 Å². The zero-order chi connectivity index (χ0) is 11.9. The van der Waals surface area contributed by atoms with Gasteiger partial charge in [0.2, 0.25) is 0 Å². The van der Waals surface area contributed by atoms with E-state index >= 15 is 0 Å². The Morgan fingerprint density at radius 3 is 1.67 bits per heavy atom. The lowest BCUT2D eigenvalue weighted by Crippen LogP contribution is -2.23. The minimum absolute atomic E-state index is 0.250. The molecule has 0 heterocycles. The topological polar surface area (TPSA) is 23.5 Å². The van der Waals surface area contributed by atoms with Crippen molar-refractivity contribution < 1.29 is 5.11 Å². The molecule has 1 N–H and O–H groups in total. The molecule has 15 heavy (non-hydrogen) atoms. The van der Waals surface area contributed by atoms with Crippen molar-refractivity contribution >= 4 is 0 Å². The molecule has 0 unspecified atom stereocenters. The van der Waals surface area contributed by atoms with Crippen LogP contribution in [0.2, 0.25) is 0 Å². The number of rotatable bonds is 8. The largest absolute Gasteiger partial charge is 0.397 e. The molecule has 0 fully saturated rings. The Morgan fingerprint density at radius 2 is 1.27 bits per heavy atom. The smallest absolute Gasteiger partial charge is 0.0402 e. The van der Waals surface area contributed by atoms with Crippen molar-refractivity contribution in [2.24, 2.45) is 0 Å². The Morgan fingerprint density at radius 1 is 0.800 bits per heavy atom. The van der Waals surface area contributed by atoms with E-state index in [-0.39, 0.29) is 6.61 Å². The molecule has 0 aliphatic heterocycles. The maximum Gasteiger partial charge on any atom is 0.0402 e. The van der Waals surface area contributed by atoms with Gasteiger partial charge < -0.3 is 10.0 Å². The quantitative estimate of drug-likeness (QED) is 0.631. The fourth-order valence-corrected chi connectivity index (χ4v) is 1.48. The molecule has 2 heteroatoms. The standard InChI is InChI=1S/C11H25N.C2H6O/c1-4-7-8-9-10-11-12(5-2)6-3;1-2-3/h4-11H2,1-3H3;3H,2H2,1H3. The summed E-state index contributed by atoms with van der Waals surface area (Å²) in [6.45, 7) is 12.4. The van der Waals surface area contributed by atoms with Crippen LogP contribution in [0.15, 0.2) is 0 Å². The van der Waals surface area contributed by atoms with Crippen LogP contribution in [0.25, 0.3) is 0 Å². The summed E-state index contributed by atoms with van der Waals surface area (Å²) in [7, 11) is 0. The van der Waals surface area contributed by atoms with Crippen LogP contribution in [0.1, 0.15) is 59.8 Å². The highest BCUT2D eigenvalue weighted by atomic mass is 16.2. The van der Waals surface area contributed by atoms with Crippen molar-refractivity contribution in [1.29, 1.82) is 0 Å². The van der Waals surface area contributed by atoms with Gasteiger partial charge in [-0.25, -0.2) is 0 Å². The van der Waals surface area contributed by atoms with Gasteiger partial charge in [0.1, 0.15) is 0 Å². The number of aliphatic hydroxyl groups excluding tert-OH is 1. The van der Waals surface area contributed by atoms with Crippen molar-refractivity contribution in [3.05, 3.63) is 0 Å². The Kier molecular flexibility index (Phi) is 18.9. The molecule has 0 aromatic carbocycles. The zero-order valence-corrected chi connectivity index (χ0v) is 11.3. The summed E-state index contributed by atoms with van der Waals surface area (Å²) in [6.07, 6.45) is 7.01. The first-order valence-electron chi connectivity index (χ1n) is 6.59. The number of aliphatic hydroxyl groups is 1. The Balaban J connectivity index is 0. The minimum Gasteiger partial charge on any atom is -0.397 e. The minimum atomic E-state index is 0.250. The molecule has 0 aliphatic rings. The summed E-state index contributed by atoms with van der Waals surface area (Å²) in [6, 6.07) is 0. The van der Waals surface area contributed by atoms with Crippen molar-refractivity contribution in [3.63, 3.8) is 0 Å². The molecule has 94 valence electrons. The molecule has 2 nitrogen and oxygen atoms in total. The zero-order valence-electron chi connectivity index (χ0n) is 11.3. The summed E-state index contributed by atoms with van der Waals surface area (Å²) >= 11 is 0. The third-order valence-electron chi connectivity index (χ3n) is 2.47. The molecule has 0 atom stereocenters. The molecule has 0 aromatic rings. The van der Waals surface area contributed by atoms with E-state index in [1.807, 2.05) is 0 Å². The van der Waals surface area contributed by atoms with Gasteiger partial charge in [-0.1, -0.05) is 46.5 Å². The van der Waals surface area contributed by atoms with Crippen LogP contribution in [0, 0.1) is 0 Å². The lowest BCUT2D eigenvalue weighted by Gasteiger charge is -2.17. The summed E-state index contributed by atoms with van der Waals surface area (Å²) in [5.41, 5.74) is 0. The van der Waals surface area contributed by atoms with Gasteiger partial charge in [0.25, 0.3) is 0 Å². The second-order valence-corrected chi connectivity index (χ2v) is 3.76. The van der Waals surface area contributed by atoms with Crippen molar-refractivity contribution in [1.82, 2.24) is 4.90 Å². The highest BCUT2D eigenvalue weighted by Gasteiger charge is 1.97. The number of nitrogens with zero attached hydrogens (tertiary/aromatic N) is 1. The molecule has 0 rings (SSSR count). The first kappa shape index (κ1) is 17.3. The Bertz CT molecular complexity index is 92.5. The highest BCUT2D eigenvalue weighted by Crippen LogP contribution is 2.03. The molecule has 0 saturated heterocycles. The van der Waals surface area contributed by atoms with E-state index < -0.39 is 0 Å². The van der Waals surface area contributed by atoms with Crippen molar-refractivity contribution in [3.8, 4) is 0 Å². The van der Waals surface area contributed by atoms with E-state index in [1.165, 1.54) is 51.7 Å². The van der Waals surface area contributed by atoms with E-state index in [0.29, 0.717) is 0 Å². The SMILES string of the molecule is CCCCCCCN(CC)CC.CCO. The molecule has 0 aromatic heterocycles. The Labute approximate surface area is 96.7 Å². The lowest BCUT2D eigenvalue weighted by atomic mass is 10.1. The normalized spacial score (nSPS) is 10.0. The van der Waals surface area contributed by atoms with Crippen LogP contribution < -0.4 is 0 Å². The fourth-order valence-electron chi connectivity index (χ4n) is 1.48. The van der Waals surface area contributed by atoms with E-state index in [9.17, 15) is 0 Å². The average molecular weight is 217 g/mol. The van der Waals surface area contributed by atoms with E-state index in [1.54, 1.807) is 6.92 Å². The predicted molar refractivity (Wildman–Crippen MR) is 69.3 cm³/mol. The van der Waals surface area contributed by atoms with E-state index in [0.717, 1.165) is 0 Å². The molecule has 0 bridgehead atoms. The molecular formula is C13H31NO. The highest BCUT2D eigenvalue weighted by molar-refractivity contribution is 4.52. The van der Waals surface area contributed by atoms with E-state index in [4.69, 9.17) is 5.11 Å². The molecule has 0 radical (unpaired) electrons. The maximum atomic E-state index is 7.57. The average Bonchev–Trinajstić information content (AvgIpc) is 2.25. The first-order valence-corrected chi connectivity index (χ1v) is 6.59. The van der Waals surface area contributed by atoms with Crippen molar-refractivity contribution in [2.75, 3.05) is 26.2 Å². The van der Waals surface area contributed by atoms with Gasteiger partial charge in [0.15, 0.2) is 0 Å². The molecule has 0 saturated carbocycles. The number of unbranched alkanes of at least 4 members (excludes halogenated alkanes) is 4. The van der Waals surface area contributed by atoms with Gasteiger partial charge in [-0.05, 0) is 33.0 Å². The number of hydrogen-bond acceptors (Lipinski definition) is 2. The van der Waals surface area contributed by atoms with Gasteiger partial charge in [-0.3, -0.25) is 0 Å².